The third-order valence-electron chi connectivity index (χ3n) is 4.02. The maximum atomic E-state index is 6.34. The molecule has 3 N–H and O–H groups in total. The van der Waals surface area contributed by atoms with Gasteiger partial charge in [0.1, 0.15) is 11.4 Å². The third kappa shape index (κ3) is 1.91. The lowest BCUT2D eigenvalue weighted by Gasteiger charge is -2.47. The minimum Gasteiger partial charge on any atom is -0.485 e. The SMILES string of the molecule is CCNc1cc(Br)cc2c1OC1(CCC1)CC2N. The minimum atomic E-state index is 0.0183. The molecule has 1 saturated carbocycles. The van der Waals surface area contributed by atoms with Gasteiger partial charge in [-0.3, -0.25) is 0 Å². The Morgan fingerprint density at radius 2 is 2.28 bits per heavy atom. The zero-order valence-corrected chi connectivity index (χ0v) is 12.2. The van der Waals surface area contributed by atoms with Crippen LogP contribution in [0.3, 0.4) is 0 Å². The quantitative estimate of drug-likeness (QED) is 0.877. The first kappa shape index (κ1) is 12.3. The Morgan fingerprint density at radius 3 is 2.89 bits per heavy atom. The molecule has 0 amide bonds. The van der Waals surface area contributed by atoms with E-state index in [1.54, 1.807) is 0 Å². The lowest BCUT2D eigenvalue weighted by molar-refractivity contribution is -0.0323. The molecule has 0 bridgehead atoms. The van der Waals surface area contributed by atoms with Gasteiger partial charge in [0.25, 0.3) is 0 Å². The standard InChI is InChI=1S/C14H19BrN2O/c1-2-17-12-7-9(15)6-10-11(16)8-14(4-3-5-14)18-13(10)12/h6-7,11,17H,2-5,8,16H2,1H3. The molecule has 2 aliphatic rings. The topological polar surface area (TPSA) is 47.3 Å². The first-order chi connectivity index (χ1) is 8.63. The molecule has 1 aliphatic carbocycles. The monoisotopic (exact) mass is 310 g/mol. The second-order valence-electron chi connectivity index (χ2n) is 5.35. The molecular weight excluding hydrogens is 292 g/mol. The minimum absolute atomic E-state index is 0.0183. The molecule has 0 saturated heterocycles. The van der Waals surface area contributed by atoms with Crippen LogP contribution in [-0.4, -0.2) is 12.1 Å². The number of hydrogen-bond acceptors (Lipinski definition) is 3. The van der Waals surface area contributed by atoms with Crippen LogP contribution in [-0.2, 0) is 0 Å². The van der Waals surface area contributed by atoms with Crippen LogP contribution in [0.1, 0.15) is 44.2 Å². The number of benzene rings is 1. The van der Waals surface area contributed by atoms with Gasteiger partial charge in [0.05, 0.1) is 5.69 Å². The van der Waals surface area contributed by atoms with E-state index in [1.165, 1.54) is 6.42 Å². The first-order valence-corrected chi connectivity index (χ1v) is 7.45. The maximum Gasteiger partial charge on any atom is 0.148 e. The summed E-state index contributed by atoms with van der Waals surface area (Å²) in [6.07, 6.45) is 4.49. The molecule has 1 aliphatic heterocycles. The summed E-state index contributed by atoms with van der Waals surface area (Å²) >= 11 is 3.55. The first-order valence-electron chi connectivity index (χ1n) is 6.65. The van der Waals surface area contributed by atoms with Gasteiger partial charge in [-0.2, -0.15) is 0 Å². The maximum absolute atomic E-state index is 6.34. The molecule has 4 heteroatoms. The van der Waals surface area contributed by atoms with Crippen molar-refractivity contribution in [3.8, 4) is 5.75 Å². The summed E-state index contributed by atoms with van der Waals surface area (Å²) in [6, 6.07) is 4.25. The van der Waals surface area contributed by atoms with Gasteiger partial charge in [0.2, 0.25) is 0 Å². The van der Waals surface area contributed by atoms with E-state index < -0.39 is 0 Å². The number of nitrogens with two attached hydrogens (primary N) is 1. The summed E-state index contributed by atoms with van der Waals surface area (Å²) in [6.45, 7) is 2.98. The number of halogens is 1. The fourth-order valence-electron chi connectivity index (χ4n) is 2.97. The summed E-state index contributed by atoms with van der Waals surface area (Å²) in [5, 5.41) is 3.37. The molecule has 98 valence electrons. The number of fused-ring (bicyclic) bond motifs is 1. The van der Waals surface area contributed by atoms with Gasteiger partial charge >= 0.3 is 0 Å². The number of nitrogens with one attached hydrogen (secondary N) is 1. The molecule has 1 aromatic carbocycles. The summed E-state index contributed by atoms with van der Waals surface area (Å²) < 4.78 is 7.36. The second kappa shape index (κ2) is 4.42. The zero-order chi connectivity index (χ0) is 12.8. The molecule has 1 atom stereocenters. The lowest BCUT2D eigenvalue weighted by atomic mass is 9.73. The Labute approximate surface area is 116 Å². The molecule has 1 aromatic rings. The fourth-order valence-corrected chi connectivity index (χ4v) is 3.45. The van der Waals surface area contributed by atoms with E-state index in [0.717, 1.165) is 47.3 Å². The second-order valence-corrected chi connectivity index (χ2v) is 6.27. The van der Waals surface area contributed by atoms with Crippen LogP contribution < -0.4 is 15.8 Å². The van der Waals surface area contributed by atoms with Crippen molar-refractivity contribution in [2.75, 3.05) is 11.9 Å². The summed E-state index contributed by atoms with van der Waals surface area (Å²) in [5.41, 5.74) is 8.54. The number of anilines is 1. The average molecular weight is 311 g/mol. The van der Waals surface area contributed by atoms with E-state index in [9.17, 15) is 0 Å². The highest BCUT2D eigenvalue weighted by Gasteiger charge is 2.45. The van der Waals surface area contributed by atoms with Crippen molar-refractivity contribution in [2.24, 2.45) is 5.73 Å². The van der Waals surface area contributed by atoms with E-state index in [-0.39, 0.29) is 11.6 Å². The van der Waals surface area contributed by atoms with Crippen LogP contribution in [0, 0.1) is 0 Å². The van der Waals surface area contributed by atoms with Gasteiger partial charge in [-0.1, -0.05) is 15.9 Å². The van der Waals surface area contributed by atoms with Crippen molar-refractivity contribution >= 4 is 21.6 Å². The summed E-state index contributed by atoms with van der Waals surface area (Å²) in [4.78, 5) is 0. The largest absolute Gasteiger partial charge is 0.485 e. The van der Waals surface area contributed by atoms with E-state index in [0.29, 0.717) is 0 Å². The molecule has 0 aromatic heterocycles. The lowest BCUT2D eigenvalue weighted by Crippen LogP contribution is -2.48. The molecule has 1 unspecified atom stereocenters. The van der Waals surface area contributed by atoms with Crippen molar-refractivity contribution in [3.63, 3.8) is 0 Å². The Bertz CT molecular complexity index is 471. The van der Waals surface area contributed by atoms with Gasteiger partial charge in [-0.05, 0) is 38.3 Å². The van der Waals surface area contributed by atoms with Crippen molar-refractivity contribution < 1.29 is 4.74 Å². The van der Waals surface area contributed by atoms with E-state index in [4.69, 9.17) is 10.5 Å². The summed E-state index contributed by atoms with van der Waals surface area (Å²) in [7, 11) is 0. The van der Waals surface area contributed by atoms with Gasteiger partial charge in [0, 0.05) is 29.0 Å². The van der Waals surface area contributed by atoms with Gasteiger partial charge in [-0.25, -0.2) is 0 Å². The van der Waals surface area contributed by atoms with Crippen LogP contribution in [0.25, 0.3) is 0 Å². The third-order valence-corrected chi connectivity index (χ3v) is 4.48. The average Bonchev–Trinajstić information content (AvgIpc) is 2.28. The highest BCUT2D eigenvalue weighted by atomic mass is 79.9. The predicted octanol–water partition coefficient (Wildman–Crippen LogP) is 3.59. The Kier molecular flexibility index (Phi) is 3.02. The molecular formula is C14H19BrN2O. The van der Waals surface area contributed by atoms with Crippen LogP contribution in [0.4, 0.5) is 5.69 Å². The molecule has 3 rings (SSSR count). The highest BCUT2D eigenvalue weighted by Crippen LogP contribution is 2.51. The molecule has 1 spiro atoms. The van der Waals surface area contributed by atoms with Gasteiger partial charge in [0.15, 0.2) is 0 Å². The van der Waals surface area contributed by atoms with E-state index in [2.05, 4.69) is 40.3 Å². The number of rotatable bonds is 2. The van der Waals surface area contributed by atoms with E-state index >= 15 is 0 Å². The fraction of sp³-hybridized carbons (Fsp3) is 0.571. The summed E-state index contributed by atoms with van der Waals surface area (Å²) in [5.74, 6) is 0.971. The zero-order valence-electron chi connectivity index (χ0n) is 10.6. The van der Waals surface area contributed by atoms with Crippen molar-refractivity contribution in [2.45, 2.75) is 44.2 Å². The Hall–Kier alpha value is -0.740. The normalized spacial score (nSPS) is 24.1. The molecule has 1 fully saturated rings. The molecule has 3 nitrogen and oxygen atoms in total. The van der Waals surface area contributed by atoms with Crippen LogP contribution >= 0.6 is 15.9 Å². The van der Waals surface area contributed by atoms with Crippen LogP contribution in [0.2, 0.25) is 0 Å². The number of ether oxygens (including phenoxy) is 1. The van der Waals surface area contributed by atoms with Crippen molar-refractivity contribution in [1.82, 2.24) is 0 Å². The van der Waals surface area contributed by atoms with E-state index in [1.807, 2.05) is 0 Å². The Morgan fingerprint density at radius 1 is 1.50 bits per heavy atom. The molecule has 0 radical (unpaired) electrons. The van der Waals surface area contributed by atoms with Crippen molar-refractivity contribution in [1.29, 1.82) is 0 Å². The smallest absolute Gasteiger partial charge is 0.148 e. The van der Waals surface area contributed by atoms with Gasteiger partial charge in [-0.15, -0.1) is 0 Å². The van der Waals surface area contributed by atoms with Crippen molar-refractivity contribution in [3.05, 3.63) is 22.2 Å². The highest BCUT2D eigenvalue weighted by molar-refractivity contribution is 9.10. The van der Waals surface area contributed by atoms with Crippen LogP contribution in [0.5, 0.6) is 5.75 Å². The Balaban J connectivity index is 2.04. The van der Waals surface area contributed by atoms with Gasteiger partial charge < -0.3 is 15.8 Å². The predicted molar refractivity (Wildman–Crippen MR) is 77.1 cm³/mol. The number of hydrogen-bond donors (Lipinski definition) is 2. The molecule has 1 heterocycles. The molecule has 18 heavy (non-hydrogen) atoms. The van der Waals surface area contributed by atoms with Crippen LogP contribution in [0.15, 0.2) is 16.6 Å².